The van der Waals surface area contributed by atoms with Crippen LogP contribution in [0.5, 0.6) is 0 Å². The molecule has 1 unspecified atom stereocenters. The van der Waals surface area contributed by atoms with Crippen LogP contribution in [0.15, 0.2) is 39.9 Å². The smallest absolute Gasteiger partial charge is 0.329 e. The standard InChI is InChI=1S/C25H33N5O3/c1-7-16-9-11-17(12-10-16)20(29(5)6)14-26-23(31)18-13-19(15(3)4)27-22-21(18)24(32)28-25(33)30(22)8-2/h9-13,15,20H,7-8,14H2,1-6H3,(H,26,31)(H,28,32,33). The van der Waals surface area contributed by atoms with Crippen molar-refractivity contribution in [1.82, 2.24) is 24.8 Å². The number of H-pyrrole nitrogens is 1. The number of benzene rings is 1. The van der Waals surface area contributed by atoms with Crippen LogP contribution >= 0.6 is 0 Å². The molecule has 0 fully saturated rings. The molecule has 0 aliphatic rings. The molecule has 2 N–H and O–H groups in total. The van der Waals surface area contributed by atoms with Gasteiger partial charge in [-0.3, -0.25) is 19.1 Å². The van der Waals surface area contributed by atoms with Crippen LogP contribution in [0, 0.1) is 0 Å². The summed E-state index contributed by atoms with van der Waals surface area (Å²) in [4.78, 5) is 47.3. The summed E-state index contributed by atoms with van der Waals surface area (Å²) in [6.07, 6.45) is 0.967. The van der Waals surface area contributed by atoms with Crippen molar-refractivity contribution < 1.29 is 4.79 Å². The molecule has 3 aromatic rings. The molecule has 0 radical (unpaired) electrons. The molecule has 0 saturated carbocycles. The van der Waals surface area contributed by atoms with E-state index in [0.29, 0.717) is 18.8 Å². The summed E-state index contributed by atoms with van der Waals surface area (Å²) in [5.74, 6) is -0.347. The zero-order valence-corrected chi connectivity index (χ0v) is 20.2. The first-order chi connectivity index (χ1) is 15.7. The summed E-state index contributed by atoms with van der Waals surface area (Å²) in [5, 5.41) is 3.13. The highest BCUT2D eigenvalue weighted by atomic mass is 16.2. The maximum absolute atomic E-state index is 13.3. The molecule has 1 amide bonds. The second-order valence-corrected chi connectivity index (χ2v) is 8.74. The largest absolute Gasteiger partial charge is 0.350 e. The Bertz CT molecular complexity index is 1260. The monoisotopic (exact) mass is 451 g/mol. The number of amides is 1. The fraction of sp³-hybridized carbons (Fsp3) is 0.440. The predicted molar refractivity (Wildman–Crippen MR) is 131 cm³/mol. The van der Waals surface area contributed by atoms with Crippen molar-refractivity contribution in [2.45, 2.75) is 52.6 Å². The van der Waals surface area contributed by atoms with Crippen LogP contribution in [0.4, 0.5) is 0 Å². The lowest BCUT2D eigenvalue weighted by atomic mass is 10.0. The van der Waals surface area contributed by atoms with Crippen LogP contribution in [0.2, 0.25) is 0 Å². The molecule has 1 aromatic carbocycles. The number of hydrogen-bond acceptors (Lipinski definition) is 5. The predicted octanol–water partition coefficient (Wildman–Crippen LogP) is 2.82. The number of aromatic nitrogens is 3. The fourth-order valence-electron chi connectivity index (χ4n) is 3.92. The van der Waals surface area contributed by atoms with Crippen molar-refractivity contribution in [3.05, 3.63) is 73.6 Å². The molecule has 33 heavy (non-hydrogen) atoms. The summed E-state index contributed by atoms with van der Waals surface area (Å²) in [5.41, 5.74) is 2.33. The van der Waals surface area contributed by atoms with Crippen LogP contribution in [0.3, 0.4) is 0 Å². The Balaban J connectivity index is 2.01. The first-order valence-electron chi connectivity index (χ1n) is 11.4. The molecule has 3 rings (SSSR count). The number of nitrogens with one attached hydrogen (secondary N) is 2. The Hall–Kier alpha value is -3.26. The van der Waals surface area contributed by atoms with Gasteiger partial charge in [0.05, 0.1) is 17.0 Å². The lowest BCUT2D eigenvalue weighted by Gasteiger charge is -2.25. The molecule has 2 aromatic heterocycles. The highest BCUT2D eigenvalue weighted by Gasteiger charge is 2.22. The van der Waals surface area contributed by atoms with Crippen molar-refractivity contribution in [2.24, 2.45) is 0 Å². The third kappa shape index (κ3) is 5.06. The molecule has 2 heterocycles. The maximum atomic E-state index is 13.3. The van der Waals surface area contributed by atoms with Crippen LogP contribution in [-0.2, 0) is 13.0 Å². The van der Waals surface area contributed by atoms with Gasteiger partial charge in [-0.05, 0) is 50.6 Å². The van der Waals surface area contributed by atoms with E-state index in [1.807, 2.05) is 32.8 Å². The van der Waals surface area contributed by atoms with Crippen molar-refractivity contribution in [1.29, 1.82) is 0 Å². The number of pyridine rings is 1. The molecule has 8 heteroatoms. The third-order valence-electron chi connectivity index (χ3n) is 5.97. The topological polar surface area (TPSA) is 100 Å². The number of nitrogens with zero attached hydrogens (tertiary/aromatic N) is 3. The molecule has 1 atom stereocenters. The highest BCUT2D eigenvalue weighted by molar-refractivity contribution is 6.05. The van der Waals surface area contributed by atoms with Gasteiger partial charge in [-0.15, -0.1) is 0 Å². The zero-order valence-electron chi connectivity index (χ0n) is 20.2. The van der Waals surface area contributed by atoms with E-state index in [2.05, 4.69) is 46.5 Å². The number of rotatable bonds is 8. The molecular formula is C25H33N5O3. The summed E-state index contributed by atoms with van der Waals surface area (Å²) in [6.45, 7) is 8.53. The average molecular weight is 452 g/mol. The number of hydrogen-bond donors (Lipinski definition) is 2. The minimum Gasteiger partial charge on any atom is -0.350 e. The molecule has 8 nitrogen and oxygen atoms in total. The second kappa shape index (κ2) is 10.1. The number of carbonyl (C=O) groups is 1. The number of aryl methyl sites for hydroxylation is 2. The van der Waals surface area contributed by atoms with Crippen LogP contribution in [-0.4, -0.2) is 46.0 Å². The third-order valence-corrected chi connectivity index (χ3v) is 5.97. The van der Waals surface area contributed by atoms with Gasteiger partial charge >= 0.3 is 5.69 Å². The van der Waals surface area contributed by atoms with Crippen molar-refractivity contribution >= 4 is 16.9 Å². The number of aromatic amines is 1. The second-order valence-electron chi connectivity index (χ2n) is 8.74. The van der Waals surface area contributed by atoms with Gasteiger partial charge in [-0.2, -0.15) is 0 Å². The highest BCUT2D eigenvalue weighted by Crippen LogP contribution is 2.21. The van der Waals surface area contributed by atoms with Gasteiger partial charge in [0.2, 0.25) is 0 Å². The summed E-state index contributed by atoms with van der Waals surface area (Å²) >= 11 is 0. The van der Waals surface area contributed by atoms with Gasteiger partial charge in [-0.1, -0.05) is 45.0 Å². The van der Waals surface area contributed by atoms with Gasteiger partial charge in [0.15, 0.2) is 5.65 Å². The van der Waals surface area contributed by atoms with Crippen molar-refractivity contribution in [3.63, 3.8) is 0 Å². The number of fused-ring (bicyclic) bond motifs is 1. The first-order valence-corrected chi connectivity index (χ1v) is 11.4. The van der Waals surface area contributed by atoms with E-state index in [4.69, 9.17) is 0 Å². The Morgan fingerprint density at radius 1 is 1.15 bits per heavy atom. The zero-order chi connectivity index (χ0) is 24.3. The minimum atomic E-state index is -0.605. The number of carbonyl (C=O) groups excluding carboxylic acids is 1. The van der Waals surface area contributed by atoms with Gasteiger partial charge < -0.3 is 10.2 Å². The SMILES string of the molecule is CCc1ccc(C(CNC(=O)c2cc(C(C)C)nc3c2c(=O)[nH]c(=O)n3CC)N(C)C)cc1. The quantitative estimate of drug-likeness (QED) is 0.549. The van der Waals surface area contributed by atoms with Gasteiger partial charge in [0, 0.05) is 18.8 Å². The molecule has 0 spiro atoms. The molecule has 0 aliphatic heterocycles. The van der Waals surface area contributed by atoms with Crippen molar-refractivity contribution in [2.75, 3.05) is 20.6 Å². The van der Waals surface area contributed by atoms with E-state index in [0.717, 1.165) is 12.0 Å². The Kier molecular flexibility index (Phi) is 7.48. The van der Waals surface area contributed by atoms with E-state index in [9.17, 15) is 14.4 Å². The minimum absolute atomic E-state index is 0.0206. The normalized spacial score (nSPS) is 12.5. The Morgan fingerprint density at radius 2 is 1.82 bits per heavy atom. The first kappa shape index (κ1) is 24.4. The molecule has 0 bridgehead atoms. The van der Waals surface area contributed by atoms with Gasteiger partial charge in [0.1, 0.15) is 0 Å². The van der Waals surface area contributed by atoms with Crippen LogP contribution in [0.1, 0.15) is 66.8 Å². The molecular weight excluding hydrogens is 418 g/mol. The summed E-state index contributed by atoms with van der Waals surface area (Å²) < 4.78 is 1.39. The van der Waals surface area contributed by atoms with Crippen molar-refractivity contribution in [3.8, 4) is 0 Å². The van der Waals surface area contributed by atoms with Gasteiger partial charge in [0.25, 0.3) is 11.5 Å². The maximum Gasteiger partial charge on any atom is 0.329 e. The Labute approximate surface area is 193 Å². The van der Waals surface area contributed by atoms with E-state index in [-0.39, 0.29) is 34.5 Å². The summed E-state index contributed by atoms with van der Waals surface area (Å²) in [7, 11) is 3.93. The lowest BCUT2D eigenvalue weighted by Crippen LogP contribution is -2.36. The molecule has 0 aliphatic carbocycles. The fourth-order valence-corrected chi connectivity index (χ4v) is 3.92. The van der Waals surface area contributed by atoms with E-state index >= 15 is 0 Å². The summed E-state index contributed by atoms with van der Waals surface area (Å²) in [6, 6.07) is 9.98. The van der Waals surface area contributed by atoms with E-state index in [1.165, 1.54) is 10.1 Å². The molecule has 176 valence electrons. The lowest BCUT2D eigenvalue weighted by molar-refractivity contribution is 0.0943. The average Bonchev–Trinajstić information content (AvgIpc) is 2.78. The van der Waals surface area contributed by atoms with Gasteiger partial charge in [-0.25, -0.2) is 9.78 Å². The van der Waals surface area contributed by atoms with E-state index < -0.39 is 11.2 Å². The van der Waals surface area contributed by atoms with E-state index in [1.54, 1.807) is 13.0 Å². The Morgan fingerprint density at radius 3 is 2.36 bits per heavy atom. The van der Waals surface area contributed by atoms with Crippen LogP contribution in [0.25, 0.3) is 11.0 Å². The number of likely N-dealkylation sites (N-methyl/N-ethyl adjacent to an activating group) is 1. The van der Waals surface area contributed by atoms with Crippen LogP contribution < -0.4 is 16.6 Å². The molecule has 0 saturated heterocycles.